The molecule has 1 unspecified atom stereocenters. The Morgan fingerprint density at radius 3 is 2.57 bits per heavy atom. The van der Waals surface area contributed by atoms with E-state index in [9.17, 15) is 4.79 Å². The molecule has 0 radical (unpaired) electrons. The number of carbonyl (C=O) groups is 1. The Bertz CT molecular complexity index is 643. The summed E-state index contributed by atoms with van der Waals surface area (Å²) in [5, 5.41) is 3.55. The summed E-state index contributed by atoms with van der Waals surface area (Å²) in [7, 11) is 3.24. The fraction of sp³-hybridized carbons (Fsp3) is 0.278. The summed E-state index contributed by atoms with van der Waals surface area (Å²) >= 11 is 5.83. The first kappa shape index (κ1) is 17.3. The number of ether oxygens (including phenoxy) is 2. The van der Waals surface area contributed by atoms with E-state index in [1.54, 1.807) is 26.4 Å². The Morgan fingerprint density at radius 1 is 1.17 bits per heavy atom. The molecule has 2 rings (SSSR count). The fourth-order valence-corrected chi connectivity index (χ4v) is 2.36. The lowest BCUT2D eigenvalue weighted by molar-refractivity contribution is -0.121. The van der Waals surface area contributed by atoms with Crippen LogP contribution in [0.25, 0.3) is 0 Å². The summed E-state index contributed by atoms with van der Waals surface area (Å²) in [5.41, 5.74) is 1.88. The average molecular weight is 334 g/mol. The van der Waals surface area contributed by atoms with E-state index in [0.717, 1.165) is 16.9 Å². The van der Waals surface area contributed by atoms with Crippen molar-refractivity contribution in [2.24, 2.45) is 0 Å². The number of carbonyl (C=O) groups excluding carboxylic acids is 1. The van der Waals surface area contributed by atoms with Gasteiger partial charge in [-0.25, -0.2) is 0 Å². The van der Waals surface area contributed by atoms with Crippen molar-refractivity contribution in [3.63, 3.8) is 0 Å². The highest BCUT2D eigenvalue weighted by Gasteiger charge is 2.13. The average Bonchev–Trinajstić information content (AvgIpc) is 2.58. The molecule has 0 bridgehead atoms. The lowest BCUT2D eigenvalue weighted by atomic mass is 10.1. The van der Waals surface area contributed by atoms with Crippen LogP contribution < -0.4 is 10.1 Å². The predicted molar refractivity (Wildman–Crippen MR) is 90.9 cm³/mol. The molecule has 0 spiro atoms. The Morgan fingerprint density at radius 2 is 1.91 bits per heavy atom. The Labute approximate surface area is 141 Å². The molecule has 0 saturated carbocycles. The Hall–Kier alpha value is -2.04. The standard InChI is InChI=1S/C18H20ClNO3/c1-22-16-5-3-4-14(11-16)17(23-2)12-20-18(21)10-13-6-8-15(19)9-7-13/h3-9,11,17H,10,12H2,1-2H3,(H,20,21). The van der Waals surface area contributed by atoms with Crippen molar-refractivity contribution in [3.05, 3.63) is 64.7 Å². The van der Waals surface area contributed by atoms with Crippen molar-refractivity contribution in [2.45, 2.75) is 12.5 Å². The van der Waals surface area contributed by atoms with E-state index in [4.69, 9.17) is 21.1 Å². The fourth-order valence-electron chi connectivity index (χ4n) is 2.24. The molecule has 0 aliphatic heterocycles. The molecular formula is C18H20ClNO3. The van der Waals surface area contributed by atoms with Crippen molar-refractivity contribution in [1.82, 2.24) is 5.32 Å². The molecule has 2 aromatic rings. The van der Waals surface area contributed by atoms with Crippen LogP contribution in [0.5, 0.6) is 5.75 Å². The minimum absolute atomic E-state index is 0.0581. The van der Waals surface area contributed by atoms with E-state index in [0.29, 0.717) is 18.0 Å². The largest absolute Gasteiger partial charge is 0.497 e. The molecule has 0 heterocycles. The van der Waals surface area contributed by atoms with Crippen LogP contribution >= 0.6 is 11.6 Å². The van der Waals surface area contributed by atoms with Crippen molar-refractivity contribution < 1.29 is 14.3 Å². The second-order valence-electron chi connectivity index (χ2n) is 5.11. The molecule has 5 heteroatoms. The van der Waals surface area contributed by atoms with Gasteiger partial charge in [0.25, 0.3) is 0 Å². The number of hydrogen-bond acceptors (Lipinski definition) is 3. The van der Waals surface area contributed by atoms with Gasteiger partial charge < -0.3 is 14.8 Å². The molecule has 23 heavy (non-hydrogen) atoms. The zero-order chi connectivity index (χ0) is 16.7. The highest BCUT2D eigenvalue weighted by molar-refractivity contribution is 6.30. The van der Waals surface area contributed by atoms with E-state index in [2.05, 4.69) is 5.32 Å². The van der Waals surface area contributed by atoms with Gasteiger partial charge in [-0.1, -0.05) is 35.9 Å². The van der Waals surface area contributed by atoms with Crippen LogP contribution in [0.1, 0.15) is 17.2 Å². The Kier molecular flexibility index (Phi) is 6.44. The second kappa shape index (κ2) is 8.56. The van der Waals surface area contributed by atoms with E-state index in [1.165, 1.54) is 0 Å². The van der Waals surface area contributed by atoms with Gasteiger partial charge in [0.05, 0.1) is 19.6 Å². The Balaban J connectivity index is 1.91. The number of halogens is 1. The van der Waals surface area contributed by atoms with Crippen LogP contribution in [0.15, 0.2) is 48.5 Å². The molecule has 122 valence electrons. The first-order valence-electron chi connectivity index (χ1n) is 7.30. The van der Waals surface area contributed by atoms with Crippen molar-refractivity contribution in [1.29, 1.82) is 0 Å². The number of amides is 1. The molecular weight excluding hydrogens is 314 g/mol. The van der Waals surface area contributed by atoms with Crippen LogP contribution in [0.2, 0.25) is 5.02 Å². The summed E-state index contributed by atoms with van der Waals surface area (Å²) in [5.74, 6) is 0.703. The van der Waals surface area contributed by atoms with Gasteiger partial charge in [-0.2, -0.15) is 0 Å². The number of methoxy groups -OCH3 is 2. The topological polar surface area (TPSA) is 47.6 Å². The minimum atomic E-state index is -0.223. The van der Waals surface area contributed by atoms with Crippen molar-refractivity contribution >= 4 is 17.5 Å². The highest BCUT2D eigenvalue weighted by atomic mass is 35.5. The van der Waals surface area contributed by atoms with E-state index in [-0.39, 0.29) is 12.0 Å². The maximum absolute atomic E-state index is 12.0. The van der Waals surface area contributed by atoms with Crippen molar-refractivity contribution in [3.8, 4) is 5.75 Å². The normalized spacial score (nSPS) is 11.8. The summed E-state index contributed by atoms with van der Waals surface area (Å²) in [6, 6.07) is 14.9. The third kappa shape index (κ3) is 5.27. The van der Waals surface area contributed by atoms with E-state index in [1.807, 2.05) is 36.4 Å². The third-order valence-corrected chi connectivity index (χ3v) is 3.76. The maximum atomic E-state index is 12.0. The van der Waals surface area contributed by atoms with Gasteiger partial charge in [0.2, 0.25) is 5.91 Å². The minimum Gasteiger partial charge on any atom is -0.497 e. The monoisotopic (exact) mass is 333 g/mol. The van der Waals surface area contributed by atoms with Gasteiger partial charge in [-0.05, 0) is 35.4 Å². The summed E-state index contributed by atoms with van der Waals surface area (Å²) in [6.45, 7) is 0.399. The van der Waals surface area contributed by atoms with Gasteiger partial charge in [0, 0.05) is 18.7 Å². The van der Waals surface area contributed by atoms with Gasteiger partial charge in [0.1, 0.15) is 5.75 Å². The molecule has 0 aliphatic carbocycles. The highest BCUT2D eigenvalue weighted by Crippen LogP contribution is 2.21. The summed E-state index contributed by atoms with van der Waals surface area (Å²) in [6.07, 6.45) is 0.0883. The third-order valence-electron chi connectivity index (χ3n) is 3.51. The first-order valence-corrected chi connectivity index (χ1v) is 7.68. The number of nitrogens with one attached hydrogen (secondary N) is 1. The van der Waals surface area contributed by atoms with Gasteiger partial charge in [-0.3, -0.25) is 4.79 Å². The molecule has 0 fully saturated rings. The van der Waals surface area contributed by atoms with Crippen LogP contribution in [-0.2, 0) is 16.0 Å². The zero-order valence-corrected chi connectivity index (χ0v) is 14.0. The lowest BCUT2D eigenvalue weighted by Crippen LogP contribution is -2.30. The van der Waals surface area contributed by atoms with Crippen LogP contribution in [-0.4, -0.2) is 26.7 Å². The quantitative estimate of drug-likeness (QED) is 0.844. The molecule has 0 saturated heterocycles. The maximum Gasteiger partial charge on any atom is 0.224 e. The zero-order valence-electron chi connectivity index (χ0n) is 13.2. The van der Waals surface area contributed by atoms with Crippen LogP contribution in [0.3, 0.4) is 0 Å². The molecule has 0 aromatic heterocycles. The van der Waals surface area contributed by atoms with E-state index >= 15 is 0 Å². The second-order valence-corrected chi connectivity index (χ2v) is 5.54. The van der Waals surface area contributed by atoms with Crippen molar-refractivity contribution in [2.75, 3.05) is 20.8 Å². The van der Waals surface area contributed by atoms with E-state index < -0.39 is 0 Å². The predicted octanol–water partition coefficient (Wildman–Crippen LogP) is 3.40. The smallest absolute Gasteiger partial charge is 0.224 e. The number of benzene rings is 2. The molecule has 2 aromatic carbocycles. The number of rotatable bonds is 7. The van der Waals surface area contributed by atoms with Gasteiger partial charge in [-0.15, -0.1) is 0 Å². The van der Waals surface area contributed by atoms with Crippen LogP contribution in [0.4, 0.5) is 0 Å². The van der Waals surface area contributed by atoms with Gasteiger partial charge in [0.15, 0.2) is 0 Å². The summed E-state index contributed by atoms with van der Waals surface area (Å²) in [4.78, 5) is 12.0. The van der Waals surface area contributed by atoms with Crippen LogP contribution in [0, 0.1) is 0 Å². The molecule has 4 nitrogen and oxygen atoms in total. The molecule has 1 amide bonds. The SMILES string of the molecule is COc1cccc(C(CNC(=O)Cc2ccc(Cl)cc2)OC)c1. The first-order chi connectivity index (χ1) is 11.1. The molecule has 0 aliphatic rings. The lowest BCUT2D eigenvalue weighted by Gasteiger charge is -2.17. The molecule has 1 N–H and O–H groups in total. The molecule has 1 atom stereocenters. The number of hydrogen-bond donors (Lipinski definition) is 1. The summed E-state index contributed by atoms with van der Waals surface area (Å²) < 4.78 is 10.7. The van der Waals surface area contributed by atoms with Gasteiger partial charge >= 0.3 is 0 Å².